The van der Waals surface area contributed by atoms with Crippen LogP contribution in [0.4, 0.5) is 17.6 Å². The van der Waals surface area contributed by atoms with Crippen LogP contribution in [0, 0.1) is 17.1 Å². The first-order valence-electron chi connectivity index (χ1n) is 8.19. The van der Waals surface area contributed by atoms with E-state index >= 15 is 0 Å². The van der Waals surface area contributed by atoms with Gasteiger partial charge in [-0.25, -0.2) is 9.18 Å². The van der Waals surface area contributed by atoms with E-state index in [1.54, 1.807) is 0 Å². The standard InChI is InChI=1S/C15H17FN2O3S2.C2HF3O2/c16-13-9-11(10-17)1-2-12(13)3-4-14(19)18-6-8-23-22-7-5-15(20)21;3-2(4,5)1(6)7/h1-2,9H,3-8H2,(H,18,19)(H,20,21);(H,6,7). The molecular formula is C17H18F4N2O5S2. The molecule has 0 unspecified atom stereocenters. The second-order valence-electron chi connectivity index (χ2n) is 5.36. The number of alkyl halides is 3. The third kappa shape index (κ3) is 13.7. The number of aliphatic carboxylic acids is 2. The van der Waals surface area contributed by atoms with E-state index < -0.39 is 23.9 Å². The van der Waals surface area contributed by atoms with Crippen molar-refractivity contribution in [3.63, 3.8) is 0 Å². The van der Waals surface area contributed by atoms with Crippen LogP contribution in [0.15, 0.2) is 18.2 Å². The first kappa shape index (κ1) is 27.5. The zero-order chi connectivity index (χ0) is 23.2. The number of nitrogens with zero attached hydrogens (tertiary/aromatic N) is 1. The highest BCUT2D eigenvalue weighted by Crippen LogP contribution is 2.21. The van der Waals surface area contributed by atoms with Crippen LogP contribution < -0.4 is 5.32 Å². The Morgan fingerprint density at radius 1 is 1.10 bits per heavy atom. The van der Waals surface area contributed by atoms with Gasteiger partial charge in [0.2, 0.25) is 5.91 Å². The molecule has 0 aliphatic carbocycles. The molecule has 0 aromatic heterocycles. The molecule has 0 radical (unpaired) electrons. The van der Waals surface area contributed by atoms with Gasteiger partial charge in [-0.05, 0) is 24.1 Å². The zero-order valence-corrected chi connectivity index (χ0v) is 17.0. The van der Waals surface area contributed by atoms with Gasteiger partial charge in [-0.1, -0.05) is 27.7 Å². The summed E-state index contributed by atoms with van der Waals surface area (Å²) >= 11 is 0. The minimum Gasteiger partial charge on any atom is -0.481 e. The van der Waals surface area contributed by atoms with Gasteiger partial charge in [0.25, 0.3) is 0 Å². The fourth-order valence-electron chi connectivity index (χ4n) is 1.64. The molecule has 0 bridgehead atoms. The van der Waals surface area contributed by atoms with Crippen molar-refractivity contribution in [1.82, 2.24) is 5.32 Å². The largest absolute Gasteiger partial charge is 0.490 e. The fraction of sp³-hybridized carbons (Fsp3) is 0.412. The van der Waals surface area contributed by atoms with Crippen LogP contribution in [-0.4, -0.2) is 52.3 Å². The number of carboxylic acid groups (broad SMARTS) is 2. The minimum absolute atomic E-state index is 0.125. The SMILES string of the molecule is N#Cc1ccc(CCC(=O)NCCSSCCC(=O)O)c(F)c1.O=C(O)C(F)(F)F. The lowest BCUT2D eigenvalue weighted by Crippen LogP contribution is -2.25. The molecule has 166 valence electrons. The molecule has 7 nitrogen and oxygen atoms in total. The summed E-state index contributed by atoms with van der Waals surface area (Å²) in [6, 6.07) is 6.08. The minimum atomic E-state index is -5.08. The van der Waals surface area contributed by atoms with Gasteiger partial charge in [0.1, 0.15) is 5.82 Å². The van der Waals surface area contributed by atoms with Crippen molar-refractivity contribution >= 4 is 39.4 Å². The van der Waals surface area contributed by atoms with E-state index in [1.165, 1.54) is 33.7 Å². The molecule has 0 spiro atoms. The quantitative estimate of drug-likeness (QED) is 0.270. The van der Waals surface area contributed by atoms with Crippen LogP contribution >= 0.6 is 21.6 Å². The smallest absolute Gasteiger partial charge is 0.481 e. The number of benzene rings is 1. The molecule has 1 aromatic rings. The summed E-state index contributed by atoms with van der Waals surface area (Å²) in [7, 11) is 2.96. The number of hydrogen-bond acceptors (Lipinski definition) is 6. The molecule has 1 amide bonds. The molecule has 1 aromatic carbocycles. The Balaban J connectivity index is 0.00000103. The van der Waals surface area contributed by atoms with Crippen LogP contribution in [0.3, 0.4) is 0 Å². The maximum atomic E-state index is 13.6. The van der Waals surface area contributed by atoms with Gasteiger partial charge in [0, 0.05) is 24.5 Å². The van der Waals surface area contributed by atoms with Crippen LogP contribution in [0.25, 0.3) is 0 Å². The average molecular weight is 470 g/mol. The predicted molar refractivity (Wildman–Crippen MR) is 103 cm³/mol. The van der Waals surface area contributed by atoms with E-state index in [9.17, 15) is 27.2 Å². The highest BCUT2D eigenvalue weighted by atomic mass is 33.1. The van der Waals surface area contributed by atoms with Crippen LogP contribution in [0.2, 0.25) is 0 Å². The van der Waals surface area contributed by atoms with Gasteiger partial charge < -0.3 is 15.5 Å². The maximum absolute atomic E-state index is 13.6. The van der Waals surface area contributed by atoms with E-state index in [1.807, 2.05) is 6.07 Å². The van der Waals surface area contributed by atoms with Crippen LogP contribution in [0.1, 0.15) is 24.0 Å². The summed E-state index contributed by atoms with van der Waals surface area (Å²) in [5.74, 6) is -2.99. The second-order valence-corrected chi connectivity index (χ2v) is 8.06. The molecule has 0 saturated heterocycles. The summed E-state index contributed by atoms with van der Waals surface area (Å²) in [4.78, 5) is 30.8. The first-order valence-corrected chi connectivity index (χ1v) is 10.7. The number of aryl methyl sites for hydroxylation is 1. The van der Waals surface area contributed by atoms with E-state index in [0.717, 1.165) is 6.07 Å². The van der Waals surface area contributed by atoms with E-state index in [2.05, 4.69) is 5.32 Å². The molecule has 13 heteroatoms. The average Bonchev–Trinajstić information content (AvgIpc) is 2.65. The Morgan fingerprint density at radius 2 is 1.70 bits per heavy atom. The number of hydrogen-bond donors (Lipinski definition) is 3. The molecule has 3 N–H and O–H groups in total. The third-order valence-corrected chi connectivity index (χ3v) is 5.44. The Kier molecular flexibility index (Phi) is 13.3. The molecule has 1 rings (SSSR count). The lowest BCUT2D eigenvalue weighted by Gasteiger charge is -2.06. The summed E-state index contributed by atoms with van der Waals surface area (Å²) in [6.07, 6.45) is -4.50. The number of carbonyl (C=O) groups excluding carboxylic acids is 1. The maximum Gasteiger partial charge on any atom is 0.490 e. The molecule has 0 fully saturated rings. The Bertz CT molecular complexity index is 769. The lowest BCUT2D eigenvalue weighted by atomic mass is 10.1. The van der Waals surface area contributed by atoms with Gasteiger partial charge in [-0.3, -0.25) is 9.59 Å². The number of nitrogens with one attached hydrogen (secondary N) is 1. The van der Waals surface area contributed by atoms with Gasteiger partial charge >= 0.3 is 18.1 Å². The molecular weight excluding hydrogens is 452 g/mol. The summed E-state index contributed by atoms with van der Waals surface area (Å²) in [5.41, 5.74) is 0.672. The number of amides is 1. The van der Waals surface area contributed by atoms with Crippen molar-refractivity contribution in [3.8, 4) is 6.07 Å². The molecule has 0 aliphatic heterocycles. The number of nitriles is 1. The molecule has 0 saturated carbocycles. The first-order chi connectivity index (χ1) is 14.0. The third-order valence-electron chi connectivity index (χ3n) is 3.04. The molecule has 30 heavy (non-hydrogen) atoms. The topological polar surface area (TPSA) is 127 Å². The fourth-order valence-corrected chi connectivity index (χ4v) is 3.52. The van der Waals surface area contributed by atoms with Crippen molar-refractivity contribution in [2.75, 3.05) is 18.1 Å². The highest BCUT2D eigenvalue weighted by molar-refractivity contribution is 8.76. The number of carboxylic acids is 2. The van der Waals surface area contributed by atoms with E-state index in [4.69, 9.17) is 20.3 Å². The lowest BCUT2D eigenvalue weighted by molar-refractivity contribution is -0.192. The van der Waals surface area contributed by atoms with E-state index in [0.29, 0.717) is 23.6 Å². The number of carbonyl (C=O) groups is 3. The van der Waals surface area contributed by atoms with Gasteiger partial charge in [0.05, 0.1) is 18.1 Å². The van der Waals surface area contributed by atoms with Crippen molar-refractivity contribution in [2.24, 2.45) is 0 Å². The Hall–Kier alpha value is -2.46. The van der Waals surface area contributed by atoms with Gasteiger partial charge in [-0.15, -0.1) is 0 Å². The highest BCUT2D eigenvalue weighted by Gasteiger charge is 2.38. The van der Waals surface area contributed by atoms with Crippen LogP contribution in [0.5, 0.6) is 0 Å². The number of halogens is 4. The van der Waals surface area contributed by atoms with Gasteiger partial charge in [0.15, 0.2) is 0 Å². The Morgan fingerprint density at radius 3 is 2.20 bits per heavy atom. The van der Waals surface area contributed by atoms with Crippen molar-refractivity contribution in [1.29, 1.82) is 5.26 Å². The van der Waals surface area contributed by atoms with E-state index in [-0.39, 0.29) is 30.7 Å². The molecule has 0 heterocycles. The summed E-state index contributed by atoms with van der Waals surface area (Å²) < 4.78 is 45.4. The second kappa shape index (κ2) is 14.5. The summed E-state index contributed by atoms with van der Waals surface area (Å²) in [5, 5.41) is 27.0. The van der Waals surface area contributed by atoms with Gasteiger partial charge in [-0.2, -0.15) is 18.4 Å². The van der Waals surface area contributed by atoms with Crippen molar-refractivity contribution in [2.45, 2.75) is 25.4 Å². The normalized spacial score (nSPS) is 10.4. The molecule has 0 aliphatic rings. The Labute approximate surface area is 177 Å². The summed E-state index contributed by atoms with van der Waals surface area (Å²) in [6.45, 7) is 0.486. The van der Waals surface area contributed by atoms with Crippen LogP contribution in [-0.2, 0) is 20.8 Å². The predicted octanol–water partition coefficient (Wildman–Crippen LogP) is 3.24. The zero-order valence-electron chi connectivity index (χ0n) is 15.4. The molecule has 0 atom stereocenters. The van der Waals surface area contributed by atoms with Crippen molar-refractivity contribution < 1.29 is 42.2 Å². The monoisotopic (exact) mass is 470 g/mol. The number of rotatable bonds is 10. The van der Waals surface area contributed by atoms with Crippen molar-refractivity contribution in [3.05, 3.63) is 35.1 Å².